The number of nitrogens with one attached hydrogen (secondary N) is 2. The Labute approximate surface area is 168 Å². The van der Waals surface area contributed by atoms with E-state index in [1.165, 1.54) is 9.88 Å². The zero-order chi connectivity index (χ0) is 17.1. The van der Waals surface area contributed by atoms with Crippen molar-refractivity contribution in [3.05, 3.63) is 15.6 Å². The molecule has 5 nitrogen and oxygen atoms in total. The summed E-state index contributed by atoms with van der Waals surface area (Å²) in [5.41, 5.74) is 1.15. The number of aryl methyl sites for hydroxylation is 2. The summed E-state index contributed by atoms with van der Waals surface area (Å²) in [5, 5.41) is 7.83. The minimum Gasteiger partial charge on any atom is -0.381 e. The zero-order valence-corrected chi connectivity index (χ0v) is 18.8. The lowest BCUT2D eigenvalue weighted by molar-refractivity contribution is 0.109. The molecule has 140 valence electrons. The molecule has 0 atom stereocenters. The third-order valence-electron chi connectivity index (χ3n) is 3.22. The highest BCUT2D eigenvalue weighted by molar-refractivity contribution is 14.0. The summed E-state index contributed by atoms with van der Waals surface area (Å²) in [5.74, 6) is 1.47. The molecular weight excluding hydrogens is 435 g/mol. The van der Waals surface area contributed by atoms with Crippen LogP contribution in [0, 0.1) is 19.8 Å². The molecular formula is C17H33IN4OS. The maximum Gasteiger partial charge on any atom is 0.191 e. The number of aliphatic imine (C=N–C) groups is 1. The molecule has 2 N–H and O–H groups in total. The van der Waals surface area contributed by atoms with Gasteiger partial charge in [-0.3, -0.25) is 4.99 Å². The first-order valence-electron chi connectivity index (χ1n) is 8.55. The Bertz CT molecular complexity index is 458. The maximum atomic E-state index is 5.57. The normalized spacial score (nSPS) is 11.5. The number of thiazole rings is 1. The van der Waals surface area contributed by atoms with Crippen molar-refractivity contribution >= 4 is 41.3 Å². The molecule has 0 aliphatic heterocycles. The second-order valence-electron chi connectivity index (χ2n) is 6.01. The minimum absolute atomic E-state index is 0. The van der Waals surface area contributed by atoms with Gasteiger partial charge in [0.2, 0.25) is 0 Å². The fourth-order valence-electron chi connectivity index (χ4n) is 1.95. The van der Waals surface area contributed by atoms with Crippen molar-refractivity contribution in [2.75, 3.05) is 32.8 Å². The zero-order valence-electron chi connectivity index (χ0n) is 15.6. The number of aromatic nitrogens is 1. The van der Waals surface area contributed by atoms with E-state index in [4.69, 9.17) is 4.74 Å². The van der Waals surface area contributed by atoms with E-state index in [2.05, 4.69) is 55.2 Å². The summed E-state index contributed by atoms with van der Waals surface area (Å²) in [6.07, 6.45) is 1.88. The molecule has 0 fully saturated rings. The Balaban J connectivity index is 0.00000529. The molecule has 1 rings (SSSR count). The fraction of sp³-hybridized carbons (Fsp3) is 0.765. The second-order valence-corrected chi connectivity index (χ2v) is 7.30. The number of hydrogen-bond donors (Lipinski definition) is 2. The van der Waals surface area contributed by atoms with Gasteiger partial charge in [0.1, 0.15) is 0 Å². The number of ether oxygens (including phenoxy) is 1. The molecule has 0 saturated carbocycles. The predicted octanol–water partition coefficient (Wildman–Crippen LogP) is 3.54. The van der Waals surface area contributed by atoms with Crippen LogP contribution in [0.5, 0.6) is 0 Å². The highest BCUT2D eigenvalue weighted by Crippen LogP contribution is 2.16. The van der Waals surface area contributed by atoms with Gasteiger partial charge in [-0.15, -0.1) is 35.3 Å². The van der Waals surface area contributed by atoms with Crippen molar-refractivity contribution in [1.82, 2.24) is 15.6 Å². The summed E-state index contributed by atoms with van der Waals surface area (Å²) in [7, 11) is 0. The van der Waals surface area contributed by atoms with Gasteiger partial charge in [0.15, 0.2) is 5.96 Å². The Hall–Kier alpha value is -0.410. The van der Waals surface area contributed by atoms with Crippen LogP contribution in [0.2, 0.25) is 0 Å². The largest absolute Gasteiger partial charge is 0.381 e. The van der Waals surface area contributed by atoms with Crippen LogP contribution in [0.4, 0.5) is 0 Å². The standard InChI is InChI=1S/C17H32N4OS.HI/c1-6-18-17(19-9-7-11-22-12-13(2)3)20-10-8-16-21-14(4)15(5)23-16;/h13H,6-12H2,1-5H3,(H2,18,19,20);1H. The molecule has 0 spiro atoms. The van der Waals surface area contributed by atoms with Crippen LogP contribution in [-0.2, 0) is 11.2 Å². The molecule has 0 amide bonds. The Morgan fingerprint density at radius 2 is 2.04 bits per heavy atom. The van der Waals surface area contributed by atoms with E-state index in [0.29, 0.717) is 5.92 Å². The van der Waals surface area contributed by atoms with Gasteiger partial charge in [-0.2, -0.15) is 0 Å². The van der Waals surface area contributed by atoms with Crippen molar-refractivity contribution in [2.45, 2.75) is 47.5 Å². The fourth-order valence-corrected chi connectivity index (χ4v) is 2.89. The van der Waals surface area contributed by atoms with E-state index >= 15 is 0 Å². The van der Waals surface area contributed by atoms with Crippen molar-refractivity contribution < 1.29 is 4.74 Å². The Kier molecular flexibility index (Phi) is 13.6. The van der Waals surface area contributed by atoms with Gasteiger partial charge in [-0.05, 0) is 33.1 Å². The topological polar surface area (TPSA) is 58.5 Å². The molecule has 0 aromatic carbocycles. The van der Waals surface area contributed by atoms with Crippen LogP contribution < -0.4 is 10.6 Å². The van der Waals surface area contributed by atoms with Gasteiger partial charge < -0.3 is 15.4 Å². The lowest BCUT2D eigenvalue weighted by Crippen LogP contribution is -2.38. The average Bonchev–Trinajstić information content (AvgIpc) is 2.81. The predicted molar refractivity (Wildman–Crippen MR) is 115 cm³/mol. The lowest BCUT2D eigenvalue weighted by atomic mass is 10.2. The van der Waals surface area contributed by atoms with Crippen LogP contribution in [0.15, 0.2) is 4.99 Å². The van der Waals surface area contributed by atoms with Gasteiger partial charge in [-0.25, -0.2) is 4.98 Å². The van der Waals surface area contributed by atoms with Crippen molar-refractivity contribution in [2.24, 2.45) is 10.9 Å². The van der Waals surface area contributed by atoms with Gasteiger partial charge >= 0.3 is 0 Å². The molecule has 0 aliphatic rings. The molecule has 0 bridgehead atoms. The van der Waals surface area contributed by atoms with Crippen LogP contribution in [0.3, 0.4) is 0 Å². The van der Waals surface area contributed by atoms with Gasteiger partial charge in [-0.1, -0.05) is 13.8 Å². The van der Waals surface area contributed by atoms with E-state index in [1.807, 2.05) is 0 Å². The minimum atomic E-state index is 0. The van der Waals surface area contributed by atoms with E-state index < -0.39 is 0 Å². The number of hydrogen-bond acceptors (Lipinski definition) is 4. The first-order chi connectivity index (χ1) is 11.0. The molecule has 0 radical (unpaired) electrons. The summed E-state index contributed by atoms with van der Waals surface area (Å²) >= 11 is 1.78. The molecule has 0 saturated heterocycles. The summed E-state index contributed by atoms with van der Waals surface area (Å²) in [6, 6.07) is 0. The third kappa shape index (κ3) is 10.5. The third-order valence-corrected chi connectivity index (χ3v) is 4.35. The van der Waals surface area contributed by atoms with E-state index in [1.54, 1.807) is 11.3 Å². The molecule has 0 unspecified atom stereocenters. The first-order valence-corrected chi connectivity index (χ1v) is 9.37. The highest BCUT2D eigenvalue weighted by atomic mass is 127. The molecule has 24 heavy (non-hydrogen) atoms. The number of guanidine groups is 1. The van der Waals surface area contributed by atoms with Crippen LogP contribution in [-0.4, -0.2) is 43.8 Å². The molecule has 1 heterocycles. The van der Waals surface area contributed by atoms with Crippen LogP contribution >= 0.6 is 35.3 Å². The lowest BCUT2D eigenvalue weighted by Gasteiger charge is -2.11. The quantitative estimate of drug-likeness (QED) is 0.239. The van der Waals surface area contributed by atoms with Crippen LogP contribution in [0.1, 0.15) is 42.8 Å². The Morgan fingerprint density at radius 3 is 2.62 bits per heavy atom. The smallest absolute Gasteiger partial charge is 0.191 e. The number of nitrogens with zero attached hydrogens (tertiary/aromatic N) is 2. The molecule has 0 aliphatic carbocycles. The van der Waals surface area contributed by atoms with E-state index in [0.717, 1.165) is 57.3 Å². The van der Waals surface area contributed by atoms with Gasteiger partial charge in [0.05, 0.1) is 10.7 Å². The first kappa shape index (κ1) is 23.6. The molecule has 7 heteroatoms. The number of rotatable bonds is 10. The molecule has 1 aromatic rings. The van der Waals surface area contributed by atoms with Crippen molar-refractivity contribution in [3.8, 4) is 0 Å². The van der Waals surface area contributed by atoms with Crippen molar-refractivity contribution in [1.29, 1.82) is 0 Å². The van der Waals surface area contributed by atoms with Crippen LogP contribution in [0.25, 0.3) is 0 Å². The summed E-state index contributed by atoms with van der Waals surface area (Å²) in [6.45, 7) is 14.7. The van der Waals surface area contributed by atoms with Gasteiger partial charge in [0.25, 0.3) is 0 Å². The monoisotopic (exact) mass is 468 g/mol. The Morgan fingerprint density at radius 1 is 1.29 bits per heavy atom. The van der Waals surface area contributed by atoms with E-state index in [9.17, 15) is 0 Å². The maximum absolute atomic E-state index is 5.57. The van der Waals surface area contributed by atoms with Crippen molar-refractivity contribution in [3.63, 3.8) is 0 Å². The SMILES string of the molecule is CCNC(=NCCCOCC(C)C)NCCc1nc(C)c(C)s1.I. The summed E-state index contributed by atoms with van der Waals surface area (Å²) < 4.78 is 5.57. The second kappa shape index (κ2) is 13.8. The van der Waals surface area contributed by atoms with E-state index in [-0.39, 0.29) is 24.0 Å². The molecule has 1 aromatic heterocycles. The van der Waals surface area contributed by atoms with Gasteiger partial charge in [0, 0.05) is 44.1 Å². The number of halogens is 1. The average molecular weight is 468 g/mol. The summed E-state index contributed by atoms with van der Waals surface area (Å²) in [4.78, 5) is 10.5. The highest BCUT2D eigenvalue weighted by Gasteiger charge is 2.04.